The van der Waals surface area contributed by atoms with Crippen molar-refractivity contribution in [3.05, 3.63) is 101 Å². The average molecular weight is 455 g/mol. The molecule has 1 N–H and O–H groups in total. The minimum Gasteiger partial charge on any atom is -0.321 e. The normalized spacial score (nSPS) is 11.1. The van der Waals surface area contributed by atoms with Crippen molar-refractivity contribution in [1.29, 1.82) is 0 Å². The van der Waals surface area contributed by atoms with Crippen molar-refractivity contribution in [1.82, 2.24) is 19.6 Å². The van der Waals surface area contributed by atoms with Crippen molar-refractivity contribution in [3.8, 4) is 22.6 Å². The summed E-state index contributed by atoms with van der Waals surface area (Å²) in [5.74, 6) is -2.13. The Kier molecular flexibility index (Phi) is 5.33. The smallest absolute Gasteiger partial charge is 0.274 e. The first-order valence-electron chi connectivity index (χ1n) is 10.6. The predicted molar refractivity (Wildman–Crippen MR) is 125 cm³/mol. The van der Waals surface area contributed by atoms with Crippen LogP contribution in [-0.2, 0) is 0 Å². The van der Waals surface area contributed by atoms with Gasteiger partial charge in [-0.15, -0.1) is 10.2 Å². The summed E-state index contributed by atoms with van der Waals surface area (Å²) in [5.41, 5.74) is 4.26. The number of aryl methyl sites for hydroxylation is 2. The zero-order valence-electron chi connectivity index (χ0n) is 18.4. The number of anilines is 1. The van der Waals surface area contributed by atoms with E-state index < -0.39 is 11.6 Å². The van der Waals surface area contributed by atoms with E-state index in [4.69, 9.17) is 0 Å². The van der Waals surface area contributed by atoms with Gasteiger partial charge in [0.15, 0.2) is 23.1 Å². The molecule has 3 aromatic heterocycles. The summed E-state index contributed by atoms with van der Waals surface area (Å²) in [5, 5.41) is 11.2. The standard InChI is InChI=1S/C26H19F2N5O/c1-15-8-11-17(12-9-15)29-26(34)23-16(2)10-13-21(30-23)18-6-4-14-33-24(18)31-32-25(33)19-5-3-7-20(27)22(19)28/h3-14H,1-2H3,(H,29,34). The number of hydrogen-bond donors (Lipinski definition) is 1. The molecule has 0 aliphatic rings. The summed E-state index contributed by atoms with van der Waals surface area (Å²) in [6.45, 7) is 3.78. The number of carbonyl (C=O) groups excluding carboxylic acids is 1. The molecule has 5 aromatic rings. The minimum atomic E-state index is -0.995. The number of rotatable bonds is 4. The molecule has 5 rings (SSSR count). The van der Waals surface area contributed by atoms with Gasteiger partial charge in [-0.05, 0) is 61.9 Å². The van der Waals surface area contributed by atoms with Crippen molar-refractivity contribution in [2.24, 2.45) is 0 Å². The first-order chi connectivity index (χ1) is 16.4. The number of nitrogens with zero attached hydrogens (tertiary/aromatic N) is 4. The molecule has 1 amide bonds. The number of aromatic nitrogens is 4. The van der Waals surface area contributed by atoms with Crippen LogP contribution in [0.2, 0.25) is 0 Å². The molecule has 0 saturated heterocycles. The Balaban J connectivity index is 1.55. The van der Waals surface area contributed by atoms with Crippen LogP contribution in [0.15, 0.2) is 72.9 Å². The van der Waals surface area contributed by atoms with Crippen LogP contribution in [0.4, 0.5) is 14.5 Å². The summed E-state index contributed by atoms with van der Waals surface area (Å²) >= 11 is 0. The molecule has 0 saturated carbocycles. The number of halogens is 2. The van der Waals surface area contributed by atoms with E-state index in [0.717, 1.165) is 11.6 Å². The summed E-state index contributed by atoms with van der Waals surface area (Å²) in [4.78, 5) is 17.5. The predicted octanol–water partition coefficient (Wildman–Crippen LogP) is 5.61. The van der Waals surface area contributed by atoms with Gasteiger partial charge in [-0.1, -0.05) is 29.8 Å². The van der Waals surface area contributed by atoms with Crippen molar-refractivity contribution in [2.75, 3.05) is 5.32 Å². The van der Waals surface area contributed by atoms with Gasteiger partial charge in [0.25, 0.3) is 5.91 Å². The maximum atomic E-state index is 14.4. The number of nitrogens with one attached hydrogen (secondary N) is 1. The average Bonchev–Trinajstić information content (AvgIpc) is 3.27. The molecule has 0 radical (unpaired) electrons. The lowest BCUT2D eigenvalue weighted by molar-refractivity contribution is 0.102. The Bertz CT molecular complexity index is 1540. The quantitative estimate of drug-likeness (QED) is 0.383. The molecule has 0 aliphatic carbocycles. The highest BCUT2D eigenvalue weighted by molar-refractivity contribution is 6.04. The van der Waals surface area contributed by atoms with Gasteiger partial charge in [0.1, 0.15) is 5.69 Å². The van der Waals surface area contributed by atoms with Gasteiger partial charge in [-0.3, -0.25) is 9.20 Å². The third-order valence-corrected chi connectivity index (χ3v) is 5.52. The van der Waals surface area contributed by atoms with Crippen molar-refractivity contribution < 1.29 is 13.6 Å². The van der Waals surface area contributed by atoms with Crippen LogP contribution in [-0.4, -0.2) is 25.5 Å². The van der Waals surface area contributed by atoms with Gasteiger partial charge in [-0.2, -0.15) is 0 Å². The van der Waals surface area contributed by atoms with Gasteiger partial charge >= 0.3 is 0 Å². The van der Waals surface area contributed by atoms with Gasteiger partial charge in [-0.25, -0.2) is 13.8 Å². The topological polar surface area (TPSA) is 72.2 Å². The monoisotopic (exact) mass is 455 g/mol. The van der Waals surface area contributed by atoms with Crippen LogP contribution in [0, 0.1) is 25.5 Å². The fourth-order valence-electron chi connectivity index (χ4n) is 3.71. The van der Waals surface area contributed by atoms with Crippen molar-refractivity contribution in [3.63, 3.8) is 0 Å². The van der Waals surface area contributed by atoms with Crippen LogP contribution in [0.3, 0.4) is 0 Å². The van der Waals surface area contributed by atoms with Crippen molar-refractivity contribution in [2.45, 2.75) is 13.8 Å². The van der Waals surface area contributed by atoms with Gasteiger partial charge in [0.2, 0.25) is 0 Å². The lowest BCUT2D eigenvalue weighted by Crippen LogP contribution is -2.15. The molecule has 8 heteroatoms. The highest BCUT2D eigenvalue weighted by Gasteiger charge is 2.19. The van der Waals surface area contributed by atoms with E-state index in [9.17, 15) is 13.6 Å². The molecule has 0 atom stereocenters. The molecule has 168 valence electrons. The highest BCUT2D eigenvalue weighted by atomic mass is 19.2. The number of carbonyl (C=O) groups is 1. The summed E-state index contributed by atoms with van der Waals surface area (Å²) in [7, 11) is 0. The number of fused-ring (bicyclic) bond motifs is 1. The van der Waals surface area contributed by atoms with E-state index in [0.29, 0.717) is 28.2 Å². The van der Waals surface area contributed by atoms with Crippen LogP contribution in [0.5, 0.6) is 0 Å². The molecule has 0 unspecified atom stereocenters. The zero-order valence-corrected chi connectivity index (χ0v) is 18.4. The third kappa shape index (κ3) is 3.79. The van der Waals surface area contributed by atoms with Crippen LogP contribution in [0.25, 0.3) is 28.3 Å². The molecule has 0 fully saturated rings. The number of amides is 1. The van der Waals surface area contributed by atoms with E-state index in [2.05, 4.69) is 20.5 Å². The molecular weight excluding hydrogens is 436 g/mol. The maximum Gasteiger partial charge on any atom is 0.274 e. The van der Waals surface area contributed by atoms with E-state index in [1.54, 1.807) is 34.9 Å². The van der Waals surface area contributed by atoms with Crippen molar-refractivity contribution >= 4 is 17.2 Å². The minimum absolute atomic E-state index is 0.000296. The molecular formula is C26H19F2N5O. The Morgan fingerprint density at radius 1 is 0.882 bits per heavy atom. The molecule has 0 aliphatic heterocycles. The van der Waals surface area contributed by atoms with E-state index in [-0.39, 0.29) is 23.0 Å². The first-order valence-corrected chi connectivity index (χ1v) is 10.6. The Morgan fingerprint density at radius 2 is 1.65 bits per heavy atom. The molecule has 2 aromatic carbocycles. The SMILES string of the molecule is Cc1ccc(NC(=O)c2nc(-c3cccn4c(-c5cccc(F)c5F)nnc34)ccc2C)cc1. The Labute approximate surface area is 193 Å². The summed E-state index contributed by atoms with van der Waals surface area (Å²) in [6.07, 6.45) is 1.66. The Hall–Kier alpha value is -4.46. The van der Waals surface area contributed by atoms with E-state index in [1.165, 1.54) is 12.1 Å². The van der Waals surface area contributed by atoms with Crippen LogP contribution in [0.1, 0.15) is 21.6 Å². The van der Waals surface area contributed by atoms with E-state index in [1.807, 2.05) is 38.1 Å². The molecule has 0 spiro atoms. The second-order valence-corrected chi connectivity index (χ2v) is 7.92. The van der Waals surface area contributed by atoms with Crippen LogP contribution < -0.4 is 5.32 Å². The Morgan fingerprint density at radius 3 is 2.44 bits per heavy atom. The summed E-state index contributed by atoms with van der Waals surface area (Å²) in [6, 6.07) is 18.5. The lowest BCUT2D eigenvalue weighted by atomic mass is 10.1. The highest BCUT2D eigenvalue weighted by Crippen LogP contribution is 2.28. The largest absolute Gasteiger partial charge is 0.321 e. The lowest BCUT2D eigenvalue weighted by Gasteiger charge is -2.10. The van der Waals surface area contributed by atoms with E-state index >= 15 is 0 Å². The zero-order chi connectivity index (χ0) is 23.8. The van der Waals surface area contributed by atoms with Crippen LogP contribution >= 0.6 is 0 Å². The summed E-state index contributed by atoms with van der Waals surface area (Å²) < 4.78 is 29.7. The molecule has 0 bridgehead atoms. The number of benzene rings is 2. The second kappa shape index (κ2) is 8.47. The van der Waals surface area contributed by atoms with Gasteiger partial charge in [0.05, 0.1) is 11.3 Å². The van der Waals surface area contributed by atoms with Gasteiger partial charge in [0, 0.05) is 17.4 Å². The molecule has 34 heavy (non-hydrogen) atoms. The number of pyridine rings is 2. The fraction of sp³-hybridized carbons (Fsp3) is 0.0769. The second-order valence-electron chi connectivity index (χ2n) is 7.92. The molecule has 6 nitrogen and oxygen atoms in total. The maximum absolute atomic E-state index is 14.4. The molecule has 3 heterocycles. The third-order valence-electron chi connectivity index (χ3n) is 5.52. The fourth-order valence-corrected chi connectivity index (χ4v) is 3.71. The first kappa shape index (κ1) is 21.4. The number of hydrogen-bond acceptors (Lipinski definition) is 4. The van der Waals surface area contributed by atoms with Gasteiger partial charge < -0.3 is 5.32 Å².